The summed E-state index contributed by atoms with van der Waals surface area (Å²) in [4.78, 5) is 0. The van der Waals surface area contributed by atoms with Gasteiger partial charge in [-0.1, -0.05) is 71.3 Å². The van der Waals surface area contributed by atoms with Crippen molar-refractivity contribution in [3.63, 3.8) is 0 Å². The van der Waals surface area contributed by atoms with Crippen LogP contribution in [0.25, 0.3) is 0 Å². The van der Waals surface area contributed by atoms with Crippen LogP contribution in [-0.4, -0.2) is 33.1 Å². The van der Waals surface area contributed by atoms with Crippen molar-refractivity contribution in [1.82, 2.24) is 0 Å². The summed E-state index contributed by atoms with van der Waals surface area (Å²) in [6.45, 7) is 13.3. The second-order valence-electron chi connectivity index (χ2n) is 11.8. The van der Waals surface area contributed by atoms with Crippen molar-refractivity contribution >= 4 is 0 Å². The van der Waals surface area contributed by atoms with Crippen molar-refractivity contribution in [2.75, 3.05) is 0 Å². The molecular formula is C30H50O3. The Bertz CT molecular complexity index is 731. The summed E-state index contributed by atoms with van der Waals surface area (Å²) in [5, 5.41) is 30.8. The first-order chi connectivity index (χ1) is 15.6. The van der Waals surface area contributed by atoms with Gasteiger partial charge in [0.05, 0.1) is 17.8 Å². The normalized spacial score (nSPS) is 36.4. The minimum atomic E-state index is -0.614. The molecule has 0 aromatic rings. The van der Waals surface area contributed by atoms with E-state index in [0.717, 1.165) is 48.7 Å². The van der Waals surface area contributed by atoms with E-state index in [2.05, 4.69) is 46.4 Å². The molecule has 3 saturated carbocycles. The van der Waals surface area contributed by atoms with Crippen molar-refractivity contribution in [3.8, 4) is 0 Å². The number of fused-ring (bicyclic) bond motifs is 1. The minimum absolute atomic E-state index is 0.387. The predicted octanol–water partition coefficient (Wildman–Crippen LogP) is 6.88. The third-order valence-electron chi connectivity index (χ3n) is 9.86. The van der Waals surface area contributed by atoms with Gasteiger partial charge < -0.3 is 15.3 Å². The van der Waals surface area contributed by atoms with E-state index in [1.54, 1.807) is 5.57 Å². The molecule has 3 N–H and O–H groups in total. The van der Waals surface area contributed by atoms with E-state index in [1.807, 2.05) is 0 Å². The van der Waals surface area contributed by atoms with Crippen LogP contribution in [0.5, 0.6) is 0 Å². The van der Waals surface area contributed by atoms with E-state index in [-0.39, 0.29) is 0 Å². The molecule has 0 heterocycles. The highest BCUT2D eigenvalue weighted by molar-refractivity contribution is 5.38. The lowest BCUT2D eigenvalue weighted by molar-refractivity contribution is 0.0202. The molecule has 3 heteroatoms. The largest absolute Gasteiger partial charge is 0.393 e. The van der Waals surface area contributed by atoms with Crippen molar-refractivity contribution < 1.29 is 15.3 Å². The lowest BCUT2D eigenvalue weighted by Crippen LogP contribution is -2.36. The van der Waals surface area contributed by atoms with E-state index in [4.69, 9.17) is 0 Å². The molecule has 0 aromatic carbocycles. The Morgan fingerprint density at radius 3 is 2.58 bits per heavy atom. The van der Waals surface area contributed by atoms with Crippen LogP contribution in [0.3, 0.4) is 0 Å². The standard InChI is InChI=1S/C30H50O3/c1-6-30(33,7-2)18-9-8-11-21(3)26-15-16-27-23(12-10-17-29(26,27)5)13-14-24-19-25(31)20-28(32)22(24)4/h13-14,21,25-28,31-33H,4,6-12,15-20H2,1-3,5H3/b23-13+,24-14+/t21?,25-,26?,27+,28+,29-/m1/s1. The quantitative estimate of drug-likeness (QED) is 0.330. The van der Waals surface area contributed by atoms with Gasteiger partial charge in [0.15, 0.2) is 0 Å². The molecule has 0 amide bonds. The van der Waals surface area contributed by atoms with Gasteiger partial charge in [-0.05, 0) is 92.1 Å². The van der Waals surface area contributed by atoms with Crippen molar-refractivity contribution in [1.29, 1.82) is 0 Å². The van der Waals surface area contributed by atoms with E-state index in [1.165, 1.54) is 44.9 Å². The minimum Gasteiger partial charge on any atom is -0.393 e. The number of hydrogen-bond donors (Lipinski definition) is 3. The van der Waals surface area contributed by atoms with Crippen LogP contribution in [0, 0.1) is 23.2 Å². The van der Waals surface area contributed by atoms with Crippen LogP contribution in [-0.2, 0) is 0 Å². The summed E-state index contributed by atoms with van der Waals surface area (Å²) >= 11 is 0. The van der Waals surface area contributed by atoms with E-state index >= 15 is 0 Å². The maximum atomic E-state index is 10.6. The topological polar surface area (TPSA) is 60.7 Å². The SMILES string of the molecule is C=C1/C(=C/C=C2\CCC[C@]3(C)C(C(C)CCCCC(O)(CC)CC)CC[C@@H]23)C[C@@H](O)C[C@@H]1O. The van der Waals surface area contributed by atoms with Gasteiger partial charge in [0.2, 0.25) is 0 Å². The molecule has 3 nitrogen and oxygen atoms in total. The van der Waals surface area contributed by atoms with Gasteiger partial charge in [0.1, 0.15) is 0 Å². The average molecular weight is 459 g/mol. The summed E-state index contributed by atoms with van der Waals surface area (Å²) in [5.74, 6) is 2.17. The average Bonchev–Trinajstić information content (AvgIpc) is 3.15. The van der Waals surface area contributed by atoms with Gasteiger partial charge in [-0.25, -0.2) is 0 Å². The Kier molecular flexibility index (Phi) is 9.08. The summed E-state index contributed by atoms with van der Waals surface area (Å²) in [7, 11) is 0. The molecule has 0 spiro atoms. The number of allylic oxidation sites excluding steroid dienone is 3. The number of hydrogen-bond acceptors (Lipinski definition) is 3. The Balaban J connectivity index is 1.62. The monoisotopic (exact) mass is 458 g/mol. The van der Waals surface area contributed by atoms with Crippen LogP contribution in [0.15, 0.2) is 35.5 Å². The Labute approximate surface area is 203 Å². The second kappa shape index (κ2) is 11.2. The van der Waals surface area contributed by atoms with E-state index < -0.39 is 17.8 Å². The molecule has 188 valence electrons. The van der Waals surface area contributed by atoms with Crippen molar-refractivity contribution in [2.45, 2.75) is 129 Å². The Morgan fingerprint density at radius 1 is 1.15 bits per heavy atom. The first kappa shape index (κ1) is 26.7. The molecule has 3 fully saturated rings. The number of unbranched alkanes of at least 4 members (excludes halogenated alkanes) is 1. The van der Waals surface area contributed by atoms with Crippen LogP contribution in [0.1, 0.15) is 111 Å². The number of rotatable bonds is 9. The summed E-state index contributed by atoms with van der Waals surface area (Å²) in [6.07, 6.45) is 17.1. The van der Waals surface area contributed by atoms with Crippen molar-refractivity contribution in [2.24, 2.45) is 23.2 Å². The molecule has 0 aliphatic heterocycles. The fourth-order valence-corrected chi connectivity index (χ4v) is 7.40. The second-order valence-corrected chi connectivity index (χ2v) is 11.8. The zero-order valence-electron chi connectivity index (χ0n) is 21.8. The number of aliphatic hydroxyl groups is 3. The third-order valence-corrected chi connectivity index (χ3v) is 9.86. The van der Waals surface area contributed by atoms with E-state index in [0.29, 0.717) is 24.2 Å². The fraction of sp³-hybridized carbons (Fsp3) is 0.800. The molecule has 2 unspecified atom stereocenters. The smallest absolute Gasteiger partial charge is 0.0811 e. The first-order valence-electron chi connectivity index (χ1n) is 13.8. The molecule has 3 aliphatic rings. The van der Waals surface area contributed by atoms with Gasteiger partial charge in [0, 0.05) is 6.42 Å². The molecule has 3 aliphatic carbocycles. The Hall–Kier alpha value is -0.900. The maximum Gasteiger partial charge on any atom is 0.0811 e. The van der Waals surface area contributed by atoms with Crippen molar-refractivity contribution in [3.05, 3.63) is 35.5 Å². The fourth-order valence-electron chi connectivity index (χ4n) is 7.40. The third kappa shape index (κ3) is 6.03. The summed E-state index contributed by atoms with van der Waals surface area (Å²) < 4.78 is 0. The highest BCUT2D eigenvalue weighted by Crippen LogP contribution is 2.60. The van der Waals surface area contributed by atoms with E-state index in [9.17, 15) is 15.3 Å². The number of aliphatic hydroxyl groups excluding tert-OH is 2. The van der Waals surface area contributed by atoms with Crippen LogP contribution in [0.2, 0.25) is 0 Å². The van der Waals surface area contributed by atoms with Crippen LogP contribution < -0.4 is 0 Å². The lowest BCUT2D eigenvalue weighted by atomic mass is 9.60. The Morgan fingerprint density at radius 2 is 1.88 bits per heavy atom. The lowest BCUT2D eigenvalue weighted by Gasteiger charge is -2.44. The molecular weight excluding hydrogens is 408 g/mol. The summed E-state index contributed by atoms with van der Waals surface area (Å²) in [6, 6.07) is 0. The predicted molar refractivity (Wildman–Crippen MR) is 138 cm³/mol. The van der Waals surface area contributed by atoms with Gasteiger partial charge in [0.25, 0.3) is 0 Å². The molecule has 3 rings (SSSR count). The molecule has 33 heavy (non-hydrogen) atoms. The molecule has 0 aromatic heterocycles. The summed E-state index contributed by atoms with van der Waals surface area (Å²) in [5.41, 5.74) is 3.30. The zero-order valence-corrected chi connectivity index (χ0v) is 21.8. The van der Waals surface area contributed by atoms with Gasteiger partial charge >= 0.3 is 0 Å². The molecule has 0 saturated heterocycles. The first-order valence-corrected chi connectivity index (χ1v) is 13.8. The van der Waals surface area contributed by atoms with Gasteiger partial charge in [-0.3, -0.25) is 0 Å². The van der Waals surface area contributed by atoms with Gasteiger partial charge in [-0.15, -0.1) is 0 Å². The zero-order chi connectivity index (χ0) is 24.2. The molecule has 0 radical (unpaired) electrons. The highest BCUT2D eigenvalue weighted by atomic mass is 16.3. The van der Waals surface area contributed by atoms with Crippen LogP contribution in [0.4, 0.5) is 0 Å². The highest BCUT2D eigenvalue weighted by Gasteiger charge is 2.50. The molecule has 6 atom stereocenters. The van der Waals surface area contributed by atoms with Crippen LogP contribution >= 0.6 is 0 Å². The molecule has 0 bridgehead atoms. The maximum absolute atomic E-state index is 10.6. The van der Waals surface area contributed by atoms with Gasteiger partial charge in [-0.2, -0.15) is 0 Å².